The molecule has 1 heterocycles. The fourth-order valence-corrected chi connectivity index (χ4v) is 1.69. The van der Waals surface area contributed by atoms with Crippen LogP contribution in [0.1, 0.15) is 10.4 Å². The van der Waals surface area contributed by atoms with Gasteiger partial charge in [0.25, 0.3) is 5.91 Å². The van der Waals surface area contributed by atoms with E-state index in [9.17, 15) is 13.6 Å². The van der Waals surface area contributed by atoms with E-state index in [-0.39, 0.29) is 5.69 Å². The number of pyridine rings is 1. The van der Waals surface area contributed by atoms with Crippen LogP contribution in [-0.4, -0.2) is 31.2 Å². The Labute approximate surface area is 126 Å². The summed E-state index contributed by atoms with van der Waals surface area (Å²) < 4.78 is 30.8. The number of ether oxygens (including phenoxy) is 1. The lowest BCUT2D eigenvalue weighted by Gasteiger charge is -2.07. The van der Waals surface area contributed by atoms with Crippen molar-refractivity contribution < 1.29 is 18.3 Å². The number of benzene rings is 1. The Morgan fingerprint density at radius 3 is 2.68 bits per heavy atom. The van der Waals surface area contributed by atoms with Crippen LogP contribution in [-0.2, 0) is 4.74 Å². The van der Waals surface area contributed by atoms with Crippen LogP contribution in [0.3, 0.4) is 0 Å². The minimum atomic E-state index is -1.02. The molecule has 2 aromatic rings. The minimum absolute atomic E-state index is 0.172. The van der Waals surface area contributed by atoms with E-state index in [1.165, 1.54) is 12.3 Å². The van der Waals surface area contributed by atoms with E-state index in [1.807, 2.05) is 0 Å². The first-order valence-corrected chi connectivity index (χ1v) is 6.55. The van der Waals surface area contributed by atoms with Gasteiger partial charge in [-0.2, -0.15) is 0 Å². The molecule has 1 aromatic carbocycles. The maximum Gasteiger partial charge on any atom is 0.257 e. The molecule has 0 unspecified atom stereocenters. The maximum absolute atomic E-state index is 13.1. The molecule has 0 aliphatic carbocycles. The summed E-state index contributed by atoms with van der Waals surface area (Å²) in [5, 5.41) is 5.49. The molecule has 0 fully saturated rings. The average molecular weight is 307 g/mol. The lowest BCUT2D eigenvalue weighted by atomic mass is 10.2. The molecular weight excluding hydrogens is 292 g/mol. The standard InChI is InChI=1S/C15H15F2N3O2/c1-22-7-6-18-14-5-2-10(9-19-14)15(21)20-11-3-4-12(16)13(17)8-11/h2-5,8-9H,6-7H2,1H3,(H,18,19)(H,20,21). The molecule has 7 heteroatoms. The Bertz CT molecular complexity index is 648. The Morgan fingerprint density at radius 1 is 1.23 bits per heavy atom. The second-order valence-corrected chi connectivity index (χ2v) is 4.43. The number of aromatic nitrogens is 1. The van der Waals surface area contributed by atoms with Gasteiger partial charge in [0.1, 0.15) is 5.82 Å². The summed E-state index contributed by atoms with van der Waals surface area (Å²) in [6.45, 7) is 1.14. The highest BCUT2D eigenvalue weighted by Gasteiger charge is 2.09. The molecular formula is C15H15F2N3O2. The molecule has 1 aromatic heterocycles. The number of hydrogen-bond acceptors (Lipinski definition) is 4. The van der Waals surface area contributed by atoms with Gasteiger partial charge in [-0.3, -0.25) is 4.79 Å². The first kappa shape index (κ1) is 15.8. The van der Waals surface area contributed by atoms with Gasteiger partial charge in [0.05, 0.1) is 12.2 Å². The van der Waals surface area contributed by atoms with Crippen molar-refractivity contribution in [2.45, 2.75) is 0 Å². The third kappa shape index (κ3) is 4.23. The van der Waals surface area contributed by atoms with E-state index in [4.69, 9.17) is 4.74 Å². The number of amides is 1. The van der Waals surface area contributed by atoms with Gasteiger partial charge in [0.15, 0.2) is 11.6 Å². The highest BCUT2D eigenvalue weighted by Crippen LogP contribution is 2.14. The largest absolute Gasteiger partial charge is 0.383 e. The summed E-state index contributed by atoms with van der Waals surface area (Å²) in [5.41, 5.74) is 0.480. The van der Waals surface area contributed by atoms with Crippen molar-refractivity contribution in [3.05, 3.63) is 53.7 Å². The number of carbonyl (C=O) groups is 1. The maximum atomic E-state index is 13.1. The zero-order chi connectivity index (χ0) is 15.9. The number of carbonyl (C=O) groups excluding carboxylic acids is 1. The predicted molar refractivity (Wildman–Crippen MR) is 78.9 cm³/mol. The van der Waals surface area contributed by atoms with Crippen molar-refractivity contribution in [2.75, 3.05) is 30.9 Å². The molecule has 1 amide bonds. The van der Waals surface area contributed by atoms with E-state index in [0.717, 1.165) is 12.1 Å². The van der Waals surface area contributed by atoms with Crippen LogP contribution in [0.25, 0.3) is 0 Å². The summed E-state index contributed by atoms with van der Waals surface area (Å²) >= 11 is 0. The predicted octanol–water partition coefficient (Wildman–Crippen LogP) is 2.67. The zero-order valence-corrected chi connectivity index (χ0v) is 11.9. The van der Waals surface area contributed by atoms with Crippen molar-refractivity contribution in [1.82, 2.24) is 4.98 Å². The number of nitrogens with one attached hydrogen (secondary N) is 2. The highest BCUT2D eigenvalue weighted by molar-refractivity contribution is 6.04. The van der Waals surface area contributed by atoms with Gasteiger partial charge in [-0.15, -0.1) is 0 Å². The summed E-state index contributed by atoms with van der Waals surface area (Å²) in [6.07, 6.45) is 1.39. The average Bonchev–Trinajstić information content (AvgIpc) is 2.52. The molecule has 0 saturated carbocycles. The number of methoxy groups -OCH3 is 1. The second-order valence-electron chi connectivity index (χ2n) is 4.43. The van der Waals surface area contributed by atoms with Crippen LogP contribution in [0.2, 0.25) is 0 Å². The molecule has 0 atom stereocenters. The van der Waals surface area contributed by atoms with Crippen molar-refractivity contribution in [1.29, 1.82) is 0 Å². The molecule has 22 heavy (non-hydrogen) atoms. The number of nitrogens with zero attached hydrogens (tertiary/aromatic N) is 1. The minimum Gasteiger partial charge on any atom is -0.383 e. The summed E-state index contributed by atoms with van der Waals surface area (Å²) in [6, 6.07) is 6.38. The molecule has 116 valence electrons. The van der Waals surface area contributed by atoms with Gasteiger partial charge in [-0.05, 0) is 24.3 Å². The van der Waals surface area contributed by atoms with Crippen LogP contribution >= 0.6 is 0 Å². The highest BCUT2D eigenvalue weighted by atomic mass is 19.2. The Kier molecular flexibility index (Phi) is 5.37. The van der Waals surface area contributed by atoms with Crippen molar-refractivity contribution in [3.63, 3.8) is 0 Å². The molecule has 0 radical (unpaired) electrons. The molecule has 2 N–H and O–H groups in total. The molecule has 0 bridgehead atoms. The lowest BCUT2D eigenvalue weighted by molar-refractivity contribution is 0.102. The summed E-state index contributed by atoms with van der Waals surface area (Å²) in [7, 11) is 1.60. The first-order chi connectivity index (χ1) is 10.6. The third-order valence-corrected chi connectivity index (χ3v) is 2.82. The molecule has 0 saturated heterocycles. The molecule has 2 rings (SSSR count). The van der Waals surface area contributed by atoms with Crippen LogP contribution < -0.4 is 10.6 Å². The second kappa shape index (κ2) is 7.46. The van der Waals surface area contributed by atoms with Gasteiger partial charge in [0.2, 0.25) is 0 Å². The molecule has 5 nitrogen and oxygen atoms in total. The Hall–Kier alpha value is -2.54. The van der Waals surface area contributed by atoms with Crippen molar-refractivity contribution >= 4 is 17.4 Å². The van der Waals surface area contributed by atoms with Gasteiger partial charge >= 0.3 is 0 Å². The van der Waals surface area contributed by atoms with E-state index < -0.39 is 17.5 Å². The smallest absolute Gasteiger partial charge is 0.257 e. The van der Waals surface area contributed by atoms with Crippen molar-refractivity contribution in [3.8, 4) is 0 Å². The van der Waals surface area contributed by atoms with E-state index >= 15 is 0 Å². The van der Waals surface area contributed by atoms with Crippen LogP contribution in [0.5, 0.6) is 0 Å². The molecule has 0 aliphatic heterocycles. The molecule has 0 aliphatic rings. The van der Waals surface area contributed by atoms with E-state index in [1.54, 1.807) is 19.2 Å². The number of halogens is 2. The normalized spacial score (nSPS) is 10.3. The van der Waals surface area contributed by atoms with Crippen molar-refractivity contribution in [2.24, 2.45) is 0 Å². The number of rotatable bonds is 6. The first-order valence-electron chi connectivity index (χ1n) is 6.55. The monoisotopic (exact) mass is 307 g/mol. The lowest BCUT2D eigenvalue weighted by Crippen LogP contribution is -2.13. The Balaban J connectivity index is 1.98. The zero-order valence-electron chi connectivity index (χ0n) is 11.9. The SMILES string of the molecule is COCCNc1ccc(C(=O)Nc2ccc(F)c(F)c2)cn1. The van der Waals surface area contributed by atoms with Gasteiger partial charge in [0, 0.05) is 31.6 Å². The van der Waals surface area contributed by atoms with Crippen LogP contribution in [0, 0.1) is 11.6 Å². The van der Waals surface area contributed by atoms with E-state index in [2.05, 4.69) is 15.6 Å². The fraction of sp³-hybridized carbons (Fsp3) is 0.200. The fourth-order valence-electron chi connectivity index (χ4n) is 1.69. The van der Waals surface area contributed by atoms with Gasteiger partial charge in [-0.1, -0.05) is 0 Å². The van der Waals surface area contributed by atoms with Gasteiger partial charge in [-0.25, -0.2) is 13.8 Å². The topological polar surface area (TPSA) is 63.2 Å². The summed E-state index contributed by atoms with van der Waals surface area (Å²) in [4.78, 5) is 16.1. The quantitative estimate of drug-likeness (QED) is 0.805. The third-order valence-electron chi connectivity index (χ3n) is 2.82. The summed E-state index contributed by atoms with van der Waals surface area (Å²) in [5.74, 6) is -1.83. The molecule has 0 spiro atoms. The number of hydrogen-bond donors (Lipinski definition) is 2. The van der Waals surface area contributed by atoms with Crippen LogP contribution in [0.15, 0.2) is 36.5 Å². The number of anilines is 2. The van der Waals surface area contributed by atoms with Crippen LogP contribution in [0.4, 0.5) is 20.3 Å². The van der Waals surface area contributed by atoms with Gasteiger partial charge < -0.3 is 15.4 Å². The Morgan fingerprint density at radius 2 is 2.05 bits per heavy atom. The van der Waals surface area contributed by atoms with E-state index in [0.29, 0.717) is 24.5 Å².